The highest BCUT2D eigenvalue weighted by Crippen LogP contribution is 2.20. The van der Waals surface area contributed by atoms with Crippen molar-refractivity contribution < 1.29 is 0 Å². The zero-order valence-corrected chi connectivity index (χ0v) is 8.67. The maximum Gasteiger partial charge on any atom is 0.0259 e. The molecule has 0 heterocycles. The van der Waals surface area contributed by atoms with Crippen LogP contribution in [-0.4, -0.2) is 6.21 Å². The van der Waals surface area contributed by atoms with Gasteiger partial charge in [0.2, 0.25) is 0 Å². The summed E-state index contributed by atoms with van der Waals surface area (Å²) in [6.45, 7) is 7.72. The Kier molecular flexibility index (Phi) is 3.41. The SMILES string of the molecule is C=C/C=C(/C)c1cccc(C)c1C=N. The van der Waals surface area contributed by atoms with Gasteiger partial charge in [0.1, 0.15) is 0 Å². The third-order valence-electron chi connectivity index (χ3n) is 2.26. The monoisotopic (exact) mass is 185 g/mol. The zero-order chi connectivity index (χ0) is 10.6. The lowest BCUT2D eigenvalue weighted by Crippen LogP contribution is -1.93. The number of hydrogen-bond acceptors (Lipinski definition) is 1. The smallest absolute Gasteiger partial charge is 0.0259 e. The molecule has 0 bridgehead atoms. The highest BCUT2D eigenvalue weighted by molar-refractivity contribution is 5.88. The fraction of sp³-hybridized carbons (Fsp3) is 0.154. The van der Waals surface area contributed by atoms with Gasteiger partial charge < -0.3 is 5.41 Å². The molecular weight excluding hydrogens is 170 g/mol. The van der Waals surface area contributed by atoms with Crippen molar-refractivity contribution in [2.24, 2.45) is 0 Å². The second-order valence-electron chi connectivity index (χ2n) is 3.27. The van der Waals surface area contributed by atoms with Gasteiger partial charge in [-0.3, -0.25) is 0 Å². The van der Waals surface area contributed by atoms with E-state index in [2.05, 4.69) is 6.58 Å². The summed E-state index contributed by atoms with van der Waals surface area (Å²) in [5.74, 6) is 0. The summed E-state index contributed by atoms with van der Waals surface area (Å²) >= 11 is 0. The first kappa shape index (κ1) is 10.5. The third kappa shape index (κ3) is 1.99. The van der Waals surface area contributed by atoms with Gasteiger partial charge in [-0.15, -0.1) is 0 Å². The third-order valence-corrected chi connectivity index (χ3v) is 2.26. The van der Waals surface area contributed by atoms with E-state index in [1.165, 1.54) is 6.21 Å². The normalized spacial score (nSPS) is 11.1. The molecule has 1 heteroatoms. The lowest BCUT2D eigenvalue weighted by Gasteiger charge is -2.08. The molecule has 0 atom stereocenters. The fourth-order valence-corrected chi connectivity index (χ4v) is 1.48. The Balaban J connectivity index is 3.33. The first-order chi connectivity index (χ1) is 6.70. The molecule has 1 nitrogen and oxygen atoms in total. The lowest BCUT2D eigenvalue weighted by molar-refractivity contribution is 1.40. The fourth-order valence-electron chi connectivity index (χ4n) is 1.48. The van der Waals surface area contributed by atoms with Gasteiger partial charge in [0.15, 0.2) is 0 Å². The zero-order valence-electron chi connectivity index (χ0n) is 8.67. The Morgan fingerprint density at radius 3 is 2.71 bits per heavy atom. The van der Waals surface area contributed by atoms with Gasteiger partial charge in [0, 0.05) is 11.8 Å². The van der Waals surface area contributed by atoms with E-state index in [-0.39, 0.29) is 0 Å². The molecule has 0 amide bonds. The predicted molar refractivity (Wildman–Crippen MR) is 62.9 cm³/mol. The van der Waals surface area contributed by atoms with Gasteiger partial charge in [-0.2, -0.15) is 0 Å². The van der Waals surface area contributed by atoms with Crippen molar-refractivity contribution in [3.8, 4) is 0 Å². The summed E-state index contributed by atoms with van der Waals surface area (Å²) in [6, 6.07) is 6.06. The van der Waals surface area contributed by atoms with Crippen LogP contribution in [0.4, 0.5) is 0 Å². The van der Waals surface area contributed by atoms with Crippen molar-refractivity contribution >= 4 is 11.8 Å². The predicted octanol–water partition coefficient (Wildman–Crippen LogP) is 3.58. The van der Waals surface area contributed by atoms with Gasteiger partial charge in [-0.25, -0.2) is 0 Å². The molecular formula is C13H15N. The highest BCUT2D eigenvalue weighted by atomic mass is 14.3. The first-order valence-corrected chi connectivity index (χ1v) is 4.60. The molecule has 0 aromatic heterocycles. The van der Waals surface area contributed by atoms with Crippen molar-refractivity contribution in [2.75, 3.05) is 0 Å². The minimum atomic E-state index is 0.989. The summed E-state index contributed by atoms with van der Waals surface area (Å²) in [5, 5.41) is 7.37. The van der Waals surface area contributed by atoms with Crippen molar-refractivity contribution in [2.45, 2.75) is 13.8 Å². The topological polar surface area (TPSA) is 23.9 Å². The Labute approximate surface area is 85.3 Å². The quantitative estimate of drug-likeness (QED) is 0.549. The number of benzene rings is 1. The van der Waals surface area contributed by atoms with Crippen LogP contribution in [-0.2, 0) is 0 Å². The van der Waals surface area contributed by atoms with Gasteiger partial charge in [0.25, 0.3) is 0 Å². The van der Waals surface area contributed by atoms with Crippen molar-refractivity contribution in [3.05, 3.63) is 53.6 Å². The van der Waals surface area contributed by atoms with Gasteiger partial charge in [0.05, 0.1) is 0 Å². The Hall–Kier alpha value is -1.63. The van der Waals surface area contributed by atoms with Gasteiger partial charge in [-0.05, 0) is 30.5 Å². The second kappa shape index (κ2) is 4.56. The lowest BCUT2D eigenvalue weighted by atomic mass is 9.97. The number of aryl methyl sites for hydroxylation is 1. The highest BCUT2D eigenvalue weighted by Gasteiger charge is 2.03. The first-order valence-electron chi connectivity index (χ1n) is 4.60. The van der Waals surface area contributed by atoms with Crippen molar-refractivity contribution in [1.29, 1.82) is 5.41 Å². The van der Waals surface area contributed by atoms with Crippen LogP contribution in [0, 0.1) is 12.3 Å². The summed E-state index contributed by atoms with van der Waals surface area (Å²) < 4.78 is 0. The Morgan fingerprint density at radius 1 is 1.43 bits per heavy atom. The standard InChI is InChI=1S/C13H15N/c1-4-6-10(2)12-8-5-7-11(3)13(12)9-14/h4-9,14H,1H2,2-3H3/b10-6-,14-9?. The number of hydrogen-bond donors (Lipinski definition) is 1. The van der Waals surface area contributed by atoms with Gasteiger partial charge in [-0.1, -0.05) is 36.9 Å². The minimum Gasteiger partial charge on any atom is -0.308 e. The molecule has 1 aromatic carbocycles. The van der Waals surface area contributed by atoms with Crippen LogP contribution < -0.4 is 0 Å². The molecule has 0 aliphatic carbocycles. The molecule has 14 heavy (non-hydrogen) atoms. The van der Waals surface area contributed by atoms with E-state index in [1.54, 1.807) is 6.08 Å². The summed E-state index contributed by atoms with van der Waals surface area (Å²) in [6.07, 6.45) is 5.14. The maximum atomic E-state index is 7.37. The van der Waals surface area contributed by atoms with Crippen LogP contribution in [0.3, 0.4) is 0 Å². The van der Waals surface area contributed by atoms with E-state index in [0.717, 1.165) is 22.3 Å². The van der Waals surface area contributed by atoms with E-state index < -0.39 is 0 Å². The van der Waals surface area contributed by atoms with Crippen LogP contribution in [0.25, 0.3) is 5.57 Å². The number of nitrogens with one attached hydrogen (secondary N) is 1. The van der Waals surface area contributed by atoms with Crippen LogP contribution in [0.5, 0.6) is 0 Å². The molecule has 0 aliphatic heterocycles. The van der Waals surface area contributed by atoms with Crippen molar-refractivity contribution in [3.63, 3.8) is 0 Å². The average Bonchev–Trinajstić information content (AvgIpc) is 2.17. The van der Waals surface area contributed by atoms with E-state index in [4.69, 9.17) is 5.41 Å². The molecule has 0 spiro atoms. The summed E-state index contributed by atoms with van der Waals surface area (Å²) in [7, 11) is 0. The molecule has 72 valence electrons. The molecule has 0 radical (unpaired) electrons. The molecule has 1 rings (SSSR count). The average molecular weight is 185 g/mol. The van der Waals surface area contributed by atoms with E-state index in [1.807, 2.05) is 38.1 Å². The van der Waals surface area contributed by atoms with Crippen LogP contribution in [0.2, 0.25) is 0 Å². The molecule has 0 saturated heterocycles. The van der Waals surface area contributed by atoms with E-state index >= 15 is 0 Å². The van der Waals surface area contributed by atoms with E-state index in [9.17, 15) is 0 Å². The minimum absolute atomic E-state index is 0.989. The largest absolute Gasteiger partial charge is 0.308 e. The van der Waals surface area contributed by atoms with E-state index in [0.29, 0.717) is 0 Å². The molecule has 1 aromatic rings. The number of rotatable bonds is 3. The summed E-state index contributed by atoms with van der Waals surface area (Å²) in [4.78, 5) is 0. The Bertz CT molecular complexity index is 386. The Morgan fingerprint density at radius 2 is 2.14 bits per heavy atom. The molecule has 0 unspecified atom stereocenters. The summed E-state index contributed by atoms with van der Waals surface area (Å²) in [5.41, 5.74) is 4.37. The van der Waals surface area contributed by atoms with Gasteiger partial charge >= 0.3 is 0 Å². The molecule has 0 fully saturated rings. The van der Waals surface area contributed by atoms with Crippen LogP contribution in [0.1, 0.15) is 23.6 Å². The second-order valence-corrected chi connectivity index (χ2v) is 3.27. The molecule has 0 saturated carbocycles. The van der Waals surface area contributed by atoms with Crippen molar-refractivity contribution in [1.82, 2.24) is 0 Å². The maximum absolute atomic E-state index is 7.37. The molecule has 1 N–H and O–H groups in total. The number of allylic oxidation sites excluding steroid dienone is 3. The van der Waals surface area contributed by atoms with Crippen LogP contribution >= 0.6 is 0 Å². The molecule has 0 aliphatic rings. The van der Waals surface area contributed by atoms with Crippen LogP contribution in [0.15, 0.2) is 36.9 Å².